The first-order valence-corrected chi connectivity index (χ1v) is 14.0. The van der Waals surface area contributed by atoms with E-state index in [1.165, 1.54) is 15.9 Å². The molecule has 1 aliphatic rings. The summed E-state index contributed by atoms with van der Waals surface area (Å²) in [6.45, 7) is 4.62. The second kappa shape index (κ2) is 9.77. The minimum atomic E-state index is -0.209. The smallest absolute Gasteiger partial charge is 0.291 e. The molecule has 6 aromatic rings. The first-order chi connectivity index (χ1) is 19.6. The van der Waals surface area contributed by atoms with Gasteiger partial charge in [-0.2, -0.15) is 14.6 Å². The molecule has 7 rings (SSSR count). The fraction of sp³-hybridized carbons (Fsp3) is 0.161. The number of rotatable bonds is 6. The van der Waals surface area contributed by atoms with Crippen LogP contribution < -0.4 is 19.6 Å². The van der Waals surface area contributed by atoms with E-state index in [9.17, 15) is 4.79 Å². The second-order valence-electron chi connectivity index (χ2n) is 9.67. The molecule has 9 heteroatoms. The van der Waals surface area contributed by atoms with Crippen molar-refractivity contribution in [2.24, 2.45) is 0 Å². The SMILES string of the molecule is CCOc1ccc(-c2nc3sc(=Cc4cn(-c5ccccc5)nc4-c4ccc5c(c4)CC(C)O5)c(=O)n3n2)cc1. The molecule has 0 saturated carbocycles. The van der Waals surface area contributed by atoms with E-state index in [1.807, 2.05) is 90.6 Å². The summed E-state index contributed by atoms with van der Waals surface area (Å²) in [5.74, 6) is 2.20. The van der Waals surface area contributed by atoms with Crippen molar-refractivity contribution in [3.05, 3.63) is 105 Å². The molecule has 0 saturated heterocycles. The third-order valence-corrected chi connectivity index (χ3v) is 7.78. The number of thiazole rings is 1. The first kappa shape index (κ1) is 24.3. The van der Waals surface area contributed by atoms with Gasteiger partial charge < -0.3 is 9.47 Å². The van der Waals surface area contributed by atoms with Crippen LogP contribution in [0.15, 0.2) is 83.8 Å². The quantitative estimate of drug-likeness (QED) is 0.294. The van der Waals surface area contributed by atoms with Gasteiger partial charge in [-0.15, -0.1) is 5.10 Å². The Balaban J connectivity index is 1.31. The van der Waals surface area contributed by atoms with Crippen molar-refractivity contribution in [1.82, 2.24) is 24.4 Å². The van der Waals surface area contributed by atoms with Crippen LogP contribution in [0, 0.1) is 0 Å². The minimum Gasteiger partial charge on any atom is -0.494 e. The Labute approximate surface area is 233 Å². The van der Waals surface area contributed by atoms with Crippen molar-refractivity contribution in [1.29, 1.82) is 0 Å². The summed E-state index contributed by atoms with van der Waals surface area (Å²) < 4.78 is 15.2. The van der Waals surface area contributed by atoms with E-state index in [0.29, 0.717) is 21.9 Å². The van der Waals surface area contributed by atoms with Gasteiger partial charge in [0.2, 0.25) is 4.96 Å². The van der Waals surface area contributed by atoms with E-state index in [1.54, 1.807) is 0 Å². The topological polar surface area (TPSA) is 83.5 Å². The van der Waals surface area contributed by atoms with Gasteiger partial charge in [0, 0.05) is 29.3 Å². The van der Waals surface area contributed by atoms with Gasteiger partial charge in [-0.25, -0.2) is 4.68 Å². The molecule has 1 aliphatic heterocycles. The molecular formula is C31H25N5O3S. The van der Waals surface area contributed by atoms with Crippen molar-refractivity contribution in [2.75, 3.05) is 6.61 Å². The first-order valence-electron chi connectivity index (χ1n) is 13.2. The summed E-state index contributed by atoms with van der Waals surface area (Å²) in [5, 5.41) is 9.44. The van der Waals surface area contributed by atoms with Gasteiger partial charge in [0.1, 0.15) is 23.3 Å². The van der Waals surface area contributed by atoms with Crippen LogP contribution in [0.3, 0.4) is 0 Å². The van der Waals surface area contributed by atoms with Crippen LogP contribution in [-0.4, -0.2) is 37.1 Å². The van der Waals surface area contributed by atoms with Gasteiger partial charge in [-0.05, 0) is 80.1 Å². The van der Waals surface area contributed by atoms with E-state index in [4.69, 9.17) is 14.6 Å². The van der Waals surface area contributed by atoms with Crippen molar-refractivity contribution in [2.45, 2.75) is 26.4 Å². The second-order valence-corrected chi connectivity index (χ2v) is 10.7. The Bertz CT molecular complexity index is 1960. The molecule has 0 spiro atoms. The number of nitrogens with zero attached hydrogens (tertiary/aromatic N) is 5. The molecule has 198 valence electrons. The summed E-state index contributed by atoms with van der Waals surface area (Å²) in [6.07, 6.45) is 4.85. The molecule has 8 nitrogen and oxygen atoms in total. The monoisotopic (exact) mass is 547 g/mol. The Morgan fingerprint density at radius 3 is 2.62 bits per heavy atom. The lowest BCUT2D eigenvalue weighted by atomic mass is 10.0. The minimum absolute atomic E-state index is 0.156. The summed E-state index contributed by atoms with van der Waals surface area (Å²) >= 11 is 1.31. The molecule has 3 aromatic carbocycles. The van der Waals surface area contributed by atoms with Crippen LogP contribution in [0.5, 0.6) is 11.5 Å². The molecule has 40 heavy (non-hydrogen) atoms. The lowest BCUT2D eigenvalue weighted by Crippen LogP contribution is -2.23. The highest BCUT2D eigenvalue weighted by Gasteiger charge is 2.21. The molecule has 0 bridgehead atoms. The molecule has 0 amide bonds. The van der Waals surface area contributed by atoms with E-state index in [-0.39, 0.29) is 11.7 Å². The lowest BCUT2D eigenvalue weighted by molar-refractivity contribution is 0.254. The van der Waals surface area contributed by atoms with Gasteiger partial charge in [0.25, 0.3) is 5.56 Å². The van der Waals surface area contributed by atoms with Crippen molar-refractivity contribution in [3.63, 3.8) is 0 Å². The molecule has 0 fully saturated rings. The van der Waals surface area contributed by atoms with Crippen LogP contribution in [0.1, 0.15) is 25.0 Å². The third kappa shape index (κ3) is 4.34. The maximum atomic E-state index is 13.4. The fourth-order valence-corrected chi connectivity index (χ4v) is 5.86. The van der Waals surface area contributed by atoms with E-state index < -0.39 is 0 Å². The van der Waals surface area contributed by atoms with Crippen LogP contribution in [0.25, 0.3) is 39.4 Å². The number of fused-ring (bicyclic) bond motifs is 2. The summed E-state index contributed by atoms with van der Waals surface area (Å²) in [7, 11) is 0. The van der Waals surface area contributed by atoms with Gasteiger partial charge in [-0.1, -0.05) is 29.5 Å². The Morgan fingerprint density at radius 2 is 1.85 bits per heavy atom. The number of hydrogen-bond acceptors (Lipinski definition) is 7. The van der Waals surface area contributed by atoms with Crippen molar-refractivity contribution < 1.29 is 9.47 Å². The number of benzene rings is 3. The zero-order chi connectivity index (χ0) is 27.2. The zero-order valence-electron chi connectivity index (χ0n) is 21.9. The van der Waals surface area contributed by atoms with Crippen LogP contribution in [0.4, 0.5) is 0 Å². The highest BCUT2D eigenvalue weighted by Crippen LogP contribution is 2.34. The fourth-order valence-electron chi connectivity index (χ4n) is 4.96. The number of hydrogen-bond donors (Lipinski definition) is 0. The Morgan fingerprint density at radius 1 is 1.05 bits per heavy atom. The van der Waals surface area contributed by atoms with E-state index in [2.05, 4.69) is 23.1 Å². The summed E-state index contributed by atoms with van der Waals surface area (Å²) in [5.41, 5.74) is 5.32. The van der Waals surface area contributed by atoms with Crippen LogP contribution >= 0.6 is 11.3 Å². The van der Waals surface area contributed by atoms with Crippen LogP contribution in [0.2, 0.25) is 0 Å². The predicted octanol–water partition coefficient (Wildman–Crippen LogP) is 4.94. The standard InChI is InChI=1S/C31H25N5O3S/c1-3-38-25-12-9-20(10-13-25)29-32-31-36(34-29)30(37)27(40-31)17-23-18-35(24-7-5-4-6-8-24)33-28(23)21-11-14-26-22(16-21)15-19(2)39-26/h4-14,16-19H,3,15H2,1-2H3. The number of para-hydroxylation sites is 1. The molecule has 0 aliphatic carbocycles. The molecule has 1 atom stereocenters. The molecule has 4 heterocycles. The third-order valence-electron chi connectivity index (χ3n) is 6.82. The highest BCUT2D eigenvalue weighted by atomic mass is 32.1. The van der Waals surface area contributed by atoms with Gasteiger partial charge in [0.05, 0.1) is 16.8 Å². The maximum Gasteiger partial charge on any atom is 0.291 e. The lowest BCUT2D eigenvalue weighted by Gasteiger charge is -2.04. The molecule has 1 unspecified atom stereocenters. The summed E-state index contributed by atoms with van der Waals surface area (Å²) in [4.78, 5) is 18.6. The maximum absolute atomic E-state index is 13.4. The van der Waals surface area contributed by atoms with Crippen molar-refractivity contribution in [3.8, 4) is 39.8 Å². The highest BCUT2D eigenvalue weighted by molar-refractivity contribution is 7.15. The molecule has 3 aromatic heterocycles. The van der Waals surface area contributed by atoms with Crippen molar-refractivity contribution >= 4 is 22.4 Å². The predicted molar refractivity (Wildman–Crippen MR) is 155 cm³/mol. The van der Waals surface area contributed by atoms with Gasteiger partial charge in [-0.3, -0.25) is 4.79 Å². The Hall–Kier alpha value is -4.76. The normalized spacial score (nSPS) is 14.9. The van der Waals surface area contributed by atoms with Gasteiger partial charge >= 0.3 is 0 Å². The number of ether oxygens (including phenoxy) is 2. The van der Waals surface area contributed by atoms with Crippen LogP contribution in [-0.2, 0) is 6.42 Å². The Kier molecular flexibility index (Phi) is 5.93. The zero-order valence-corrected chi connectivity index (χ0v) is 22.8. The van der Waals surface area contributed by atoms with E-state index in [0.717, 1.165) is 51.6 Å². The average Bonchev–Trinajstić information content (AvgIpc) is 3.73. The summed E-state index contributed by atoms with van der Waals surface area (Å²) in [6, 6.07) is 23.7. The van der Waals surface area contributed by atoms with Gasteiger partial charge in [0.15, 0.2) is 5.82 Å². The van der Waals surface area contributed by atoms with E-state index >= 15 is 0 Å². The largest absolute Gasteiger partial charge is 0.494 e. The number of aromatic nitrogens is 5. The molecule has 0 N–H and O–H groups in total. The molecular weight excluding hydrogens is 522 g/mol. The molecule has 0 radical (unpaired) electrons. The average molecular weight is 548 g/mol.